The molecule has 85 heavy (non-hydrogen) atoms. The van der Waals surface area contributed by atoms with Gasteiger partial charge in [-0.1, -0.05) is 320 Å². The Hall–Kier alpha value is -2.12. The average Bonchev–Trinajstić information content (AvgIpc) is 3.71. The summed E-state index contributed by atoms with van der Waals surface area (Å²) < 4.78 is 16.7. The highest BCUT2D eigenvalue weighted by molar-refractivity contribution is 5.76. The first-order chi connectivity index (χ1) is 41.7. The summed E-state index contributed by atoms with van der Waals surface area (Å²) in [4.78, 5) is 25.1. The van der Waals surface area contributed by atoms with Gasteiger partial charge in [-0.25, -0.2) is 0 Å². The maximum absolute atomic E-state index is 13.0. The maximum Gasteiger partial charge on any atom is 0.305 e. The second kappa shape index (κ2) is 63.4. The molecular formula is C74H139NO10. The molecule has 0 saturated carbocycles. The molecule has 0 bridgehead atoms. The van der Waals surface area contributed by atoms with Crippen LogP contribution in [0.4, 0.5) is 0 Å². The number of hydrogen-bond donors (Lipinski definition) is 6. The second-order valence-corrected chi connectivity index (χ2v) is 25.7. The highest BCUT2D eigenvalue weighted by atomic mass is 16.7. The van der Waals surface area contributed by atoms with E-state index >= 15 is 0 Å². The number of rotatable bonds is 65. The van der Waals surface area contributed by atoms with Gasteiger partial charge in [-0.15, -0.1) is 0 Å². The number of unbranched alkanes of at least 4 members (excludes halogenated alkanes) is 47. The molecule has 0 aromatic carbocycles. The van der Waals surface area contributed by atoms with Crippen molar-refractivity contribution in [3.8, 4) is 0 Å². The third kappa shape index (κ3) is 52.4. The molecule has 1 aliphatic rings. The molecule has 7 atom stereocenters. The van der Waals surface area contributed by atoms with E-state index < -0.39 is 49.5 Å². The zero-order valence-electron chi connectivity index (χ0n) is 55.6. The first-order valence-electron chi connectivity index (χ1n) is 36.8. The quantitative estimate of drug-likeness (QED) is 0.0195. The van der Waals surface area contributed by atoms with Gasteiger partial charge in [-0.3, -0.25) is 9.59 Å². The van der Waals surface area contributed by atoms with Crippen molar-refractivity contribution in [2.24, 2.45) is 0 Å². The minimum absolute atomic E-state index is 0.00961. The number of aliphatic hydroxyl groups excluding tert-OH is 5. The van der Waals surface area contributed by atoms with E-state index in [2.05, 4.69) is 43.5 Å². The first kappa shape index (κ1) is 80.9. The van der Waals surface area contributed by atoms with Crippen molar-refractivity contribution in [2.45, 2.75) is 403 Å². The van der Waals surface area contributed by atoms with Crippen molar-refractivity contribution in [1.82, 2.24) is 5.32 Å². The SMILES string of the molecule is CCCCCCCCC/C=C/C(O)C(COC1OC(CO)C(O)C(O)C1O)NC(=O)CCCCCCCCCCCCCCCCC/C=C\C/C=C\CCCCCCCCCCCOC(=O)CCCCCCCCCCCCCCCCCCC. The van der Waals surface area contributed by atoms with Gasteiger partial charge >= 0.3 is 5.97 Å². The van der Waals surface area contributed by atoms with E-state index in [9.17, 15) is 35.1 Å². The number of hydrogen-bond acceptors (Lipinski definition) is 10. The molecule has 1 aliphatic heterocycles. The Morgan fingerprint density at radius 2 is 0.788 bits per heavy atom. The molecular weight excluding hydrogens is 1060 g/mol. The number of carbonyl (C=O) groups excluding carboxylic acids is 2. The lowest BCUT2D eigenvalue weighted by Gasteiger charge is -2.40. The van der Waals surface area contributed by atoms with Crippen molar-refractivity contribution in [3.63, 3.8) is 0 Å². The number of allylic oxidation sites excluding steroid dienone is 5. The van der Waals surface area contributed by atoms with Gasteiger partial charge in [-0.2, -0.15) is 0 Å². The van der Waals surface area contributed by atoms with Crippen molar-refractivity contribution < 1.29 is 49.3 Å². The van der Waals surface area contributed by atoms with E-state index in [0.29, 0.717) is 19.4 Å². The lowest BCUT2D eigenvalue weighted by Crippen LogP contribution is -2.60. The monoisotopic (exact) mass is 1200 g/mol. The lowest BCUT2D eigenvalue weighted by atomic mass is 9.99. The van der Waals surface area contributed by atoms with Crippen molar-refractivity contribution in [2.75, 3.05) is 19.8 Å². The Morgan fingerprint density at radius 3 is 1.19 bits per heavy atom. The molecule has 1 rings (SSSR count). The Labute approximate surface area is 523 Å². The first-order valence-corrected chi connectivity index (χ1v) is 36.8. The van der Waals surface area contributed by atoms with Crippen molar-refractivity contribution in [1.29, 1.82) is 0 Å². The minimum Gasteiger partial charge on any atom is -0.466 e. The average molecular weight is 1200 g/mol. The summed E-state index contributed by atoms with van der Waals surface area (Å²) in [5, 5.41) is 54.3. The van der Waals surface area contributed by atoms with Crippen molar-refractivity contribution in [3.05, 3.63) is 36.5 Å². The van der Waals surface area contributed by atoms with Gasteiger partial charge in [0.2, 0.25) is 5.91 Å². The Bertz CT molecular complexity index is 1510. The largest absolute Gasteiger partial charge is 0.466 e. The standard InChI is InChI=1S/C74H139NO10/c1-3-5-7-9-11-13-14-15-16-32-36-39-42-46-50-54-58-62-70(79)83-63-59-55-51-47-43-40-37-34-31-29-27-25-23-21-19-17-18-20-22-24-26-28-30-33-35-38-41-45-49-53-57-61-69(78)75-66(67(77)60-56-52-48-44-12-10-8-6-4-2)65-84-74-73(82)72(81)71(80)68(64-76)85-74/h19,21,25,27,56,60,66-68,71-74,76-77,80-82H,3-18,20,22-24,26,28-55,57-59,61-65H2,1-2H3,(H,75,78)/b21-19-,27-25-,60-56+. The fraction of sp³-hybridized carbons (Fsp3) is 0.892. The van der Waals surface area contributed by atoms with E-state index in [-0.39, 0.29) is 18.5 Å². The van der Waals surface area contributed by atoms with Gasteiger partial charge in [-0.05, 0) is 64.2 Å². The predicted octanol–water partition coefficient (Wildman–Crippen LogP) is 19.0. The van der Waals surface area contributed by atoms with Crippen LogP contribution in [0.3, 0.4) is 0 Å². The molecule has 1 fully saturated rings. The minimum atomic E-state index is -1.57. The van der Waals surface area contributed by atoms with Crippen LogP contribution < -0.4 is 5.32 Å². The number of aliphatic hydroxyl groups is 5. The van der Waals surface area contributed by atoms with Crippen LogP contribution in [0, 0.1) is 0 Å². The molecule has 7 unspecified atom stereocenters. The van der Waals surface area contributed by atoms with Gasteiger partial charge in [0.25, 0.3) is 0 Å². The Balaban J connectivity index is 1.91. The van der Waals surface area contributed by atoms with Crippen molar-refractivity contribution >= 4 is 11.9 Å². The summed E-state index contributed by atoms with van der Waals surface area (Å²) >= 11 is 0. The zero-order valence-corrected chi connectivity index (χ0v) is 55.6. The molecule has 0 aromatic rings. The topological polar surface area (TPSA) is 175 Å². The maximum atomic E-state index is 13.0. The normalized spacial score (nSPS) is 18.1. The fourth-order valence-corrected chi connectivity index (χ4v) is 11.7. The molecule has 6 N–H and O–H groups in total. The fourth-order valence-electron chi connectivity index (χ4n) is 11.7. The number of amides is 1. The van der Waals surface area contributed by atoms with Gasteiger partial charge in [0.1, 0.15) is 24.4 Å². The van der Waals surface area contributed by atoms with Crippen LogP contribution in [0.15, 0.2) is 36.5 Å². The summed E-state index contributed by atoms with van der Waals surface area (Å²) in [5.41, 5.74) is 0. The van der Waals surface area contributed by atoms with E-state index in [1.54, 1.807) is 6.08 Å². The smallest absolute Gasteiger partial charge is 0.305 e. The van der Waals surface area contributed by atoms with Gasteiger partial charge in [0, 0.05) is 12.8 Å². The van der Waals surface area contributed by atoms with Crippen LogP contribution in [-0.2, 0) is 23.8 Å². The highest BCUT2D eigenvalue weighted by Gasteiger charge is 2.44. The highest BCUT2D eigenvalue weighted by Crippen LogP contribution is 2.23. The molecule has 0 aliphatic carbocycles. The van der Waals surface area contributed by atoms with Crippen LogP contribution in [0.25, 0.3) is 0 Å². The molecule has 1 heterocycles. The summed E-state index contributed by atoms with van der Waals surface area (Å²) in [6.45, 7) is 4.35. The van der Waals surface area contributed by atoms with E-state index in [4.69, 9.17) is 14.2 Å². The lowest BCUT2D eigenvalue weighted by molar-refractivity contribution is -0.302. The molecule has 500 valence electrons. The van der Waals surface area contributed by atoms with E-state index in [0.717, 1.165) is 57.8 Å². The summed E-state index contributed by atoms with van der Waals surface area (Å²) in [7, 11) is 0. The third-order valence-electron chi connectivity index (χ3n) is 17.5. The number of carbonyl (C=O) groups is 2. The van der Waals surface area contributed by atoms with Gasteiger partial charge in [0.05, 0.1) is 32.0 Å². The predicted molar refractivity (Wildman–Crippen MR) is 357 cm³/mol. The molecule has 0 radical (unpaired) electrons. The van der Waals surface area contributed by atoms with Crippen LogP contribution in [-0.4, -0.2) is 100 Å². The summed E-state index contributed by atoms with van der Waals surface area (Å²) in [6, 6.07) is -0.808. The Kier molecular flexibility index (Phi) is 60.4. The van der Waals surface area contributed by atoms with Crippen LogP contribution in [0.1, 0.15) is 361 Å². The van der Waals surface area contributed by atoms with Gasteiger partial charge in [0.15, 0.2) is 6.29 Å². The molecule has 1 saturated heterocycles. The molecule has 11 heteroatoms. The molecule has 11 nitrogen and oxygen atoms in total. The van der Waals surface area contributed by atoms with E-state index in [1.807, 2.05) is 6.08 Å². The molecule has 0 aromatic heterocycles. The zero-order chi connectivity index (χ0) is 61.6. The number of ether oxygens (including phenoxy) is 3. The second-order valence-electron chi connectivity index (χ2n) is 25.7. The number of esters is 1. The van der Waals surface area contributed by atoms with Gasteiger partial charge < -0.3 is 45.1 Å². The third-order valence-corrected chi connectivity index (χ3v) is 17.5. The van der Waals surface area contributed by atoms with Crippen LogP contribution in [0.5, 0.6) is 0 Å². The van der Waals surface area contributed by atoms with E-state index in [1.165, 1.54) is 276 Å². The summed E-state index contributed by atoms with van der Waals surface area (Å²) in [6.07, 6.45) is 71.6. The molecule has 1 amide bonds. The summed E-state index contributed by atoms with van der Waals surface area (Å²) in [5.74, 6) is -0.172. The molecule has 0 spiro atoms. The van der Waals surface area contributed by atoms with Crippen LogP contribution >= 0.6 is 0 Å². The Morgan fingerprint density at radius 1 is 0.435 bits per heavy atom. The number of nitrogens with one attached hydrogen (secondary N) is 1. The van der Waals surface area contributed by atoms with Crippen LogP contribution in [0.2, 0.25) is 0 Å².